The van der Waals surface area contributed by atoms with Gasteiger partial charge < -0.3 is 4.74 Å². The molecule has 0 saturated heterocycles. The van der Waals surface area contributed by atoms with Crippen LogP contribution in [-0.2, 0) is 16.0 Å². The van der Waals surface area contributed by atoms with Gasteiger partial charge in [0.15, 0.2) is 6.10 Å². The van der Waals surface area contributed by atoms with E-state index in [0.29, 0.717) is 6.42 Å². The van der Waals surface area contributed by atoms with Crippen molar-refractivity contribution in [2.75, 3.05) is 0 Å². The molecule has 1 aromatic rings. The highest BCUT2D eigenvalue weighted by Crippen LogP contribution is 2.21. The highest BCUT2D eigenvalue weighted by molar-refractivity contribution is 5.66. The van der Waals surface area contributed by atoms with Crippen molar-refractivity contribution in [3.8, 4) is 0 Å². The highest BCUT2D eigenvalue weighted by Gasteiger charge is 2.22. The molecule has 0 spiro atoms. The number of carbonyl (C=O) groups is 1. The van der Waals surface area contributed by atoms with Crippen LogP contribution in [0, 0.1) is 0 Å². The Kier molecular flexibility index (Phi) is 5.42. The number of hydrogen-bond donors (Lipinski definition) is 0. The van der Waals surface area contributed by atoms with Crippen LogP contribution in [0.3, 0.4) is 0 Å². The minimum absolute atomic E-state index is 0.0211. The fourth-order valence-electron chi connectivity index (χ4n) is 1.50. The van der Waals surface area contributed by atoms with Crippen molar-refractivity contribution >= 4 is 5.97 Å². The van der Waals surface area contributed by atoms with E-state index in [0.717, 1.165) is 12.5 Å². The molecule has 2 nitrogen and oxygen atoms in total. The summed E-state index contributed by atoms with van der Waals surface area (Å²) in [5.41, 5.74) is 0.863. The minimum Gasteiger partial charge on any atom is -0.455 e. The van der Waals surface area contributed by atoms with Crippen LogP contribution in [0.25, 0.3) is 0 Å². The topological polar surface area (TPSA) is 26.3 Å². The lowest BCUT2D eigenvalue weighted by Gasteiger charge is -2.14. The third kappa shape index (κ3) is 4.61. The maximum absolute atomic E-state index is 13.1. The van der Waals surface area contributed by atoms with E-state index in [1.807, 2.05) is 6.07 Å². The number of rotatable bonds is 5. The largest absolute Gasteiger partial charge is 0.455 e. The van der Waals surface area contributed by atoms with Crippen molar-refractivity contribution in [2.45, 2.75) is 25.9 Å². The lowest BCUT2D eigenvalue weighted by Crippen LogP contribution is -2.18. The summed E-state index contributed by atoms with van der Waals surface area (Å²) in [5.74, 6) is -2.47. The second kappa shape index (κ2) is 6.83. The Labute approximate surface area is 103 Å². The summed E-state index contributed by atoms with van der Waals surface area (Å²) >= 11 is 0. The Morgan fingerprint density at radius 3 is 2.33 bits per heavy atom. The number of ether oxygens (including phenoxy) is 1. The summed E-state index contributed by atoms with van der Waals surface area (Å²) < 4.78 is 42.0. The Hall–Kier alpha value is -1.78. The molecule has 0 saturated carbocycles. The van der Waals surface area contributed by atoms with Gasteiger partial charge in [-0.25, -0.2) is 4.39 Å². The van der Waals surface area contributed by atoms with Gasteiger partial charge in [-0.15, -0.1) is 0 Å². The van der Waals surface area contributed by atoms with E-state index < -0.39 is 24.0 Å². The van der Waals surface area contributed by atoms with E-state index in [-0.39, 0.29) is 6.42 Å². The molecule has 5 heteroatoms. The SMILES string of the molecule is CC(=O)O[C@H](CCc1ccccc1)C(F)=C(F)F. The Bertz CT molecular complexity index is 425. The Morgan fingerprint density at radius 2 is 1.83 bits per heavy atom. The smallest absolute Gasteiger partial charge is 0.305 e. The van der Waals surface area contributed by atoms with Gasteiger partial charge in [0.2, 0.25) is 5.83 Å². The maximum atomic E-state index is 13.1. The van der Waals surface area contributed by atoms with Crippen LogP contribution in [-0.4, -0.2) is 12.1 Å². The zero-order valence-corrected chi connectivity index (χ0v) is 9.83. The first-order valence-electron chi connectivity index (χ1n) is 5.42. The molecule has 0 unspecified atom stereocenters. The zero-order valence-electron chi connectivity index (χ0n) is 9.83. The average Bonchev–Trinajstić information content (AvgIpc) is 2.34. The fourth-order valence-corrected chi connectivity index (χ4v) is 1.50. The van der Waals surface area contributed by atoms with E-state index in [1.165, 1.54) is 0 Å². The molecule has 1 atom stereocenters. The molecular formula is C13H13F3O2. The molecule has 0 amide bonds. The summed E-state index contributed by atoms with van der Waals surface area (Å²) in [4.78, 5) is 10.7. The Balaban J connectivity index is 2.68. The van der Waals surface area contributed by atoms with Gasteiger partial charge in [-0.3, -0.25) is 4.79 Å². The first kappa shape index (κ1) is 14.3. The molecule has 1 rings (SSSR count). The van der Waals surface area contributed by atoms with Gasteiger partial charge in [-0.05, 0) is 18.4 Å². The zero-order chi connectivity index (χ0) is 13.5. The van der Waals surface area contributed by atoms with Crippen LogP contribution in [0.4, 0.5) is 13.2 Å². The van der Waals surface area contributed by atoms with Crippen LogP contribution >= 0.6 is 0 Å². The summed E-state index contributed by atoms with van der Waals surface area (Å²) in [6.07, 6.45) is -3.64. The van der Waals surface area contributed by atoms with Crippen molar-refractivity contribution in [1.29, 1.82) is 0 Å². The van der Waals surface area contributed by atoms with Crippen molar-refractivity contribution in [2.24, 2.45) is 0 Å². The molecule has 0 fully saturated rings. The second-order valence-corrected chi connectivity index (χ2v) is 3.73. The molecular weight excluding hydrogens is 245 g/mol. The van der Waals surface area contributed by atoms with Gasteiger partial charge in [0.05, 0.1) is 0 Å². The summed E-state index contributed by atoms with van der Waals surface area (Å²) in [6.45, 7) is 1.05. The molecule has 0 heterocycles. The molecule has 0 aromatic heterocycles. The predicted molar refractivity (Wildman–Crippen MR) is 60.7 cm³/mol. The molecule has 0 N–H and O–H groups in total. The average molecular weight is 258 g/mol. The minimum atomic E-state index is -2.45. The fraction of sp³-hybridized carbons (Fsp3) is 0.308. The number of esters is 1. The quantitative estimate of drug-likeness (QED) is 0.754. The third-order valence-corrected chi connectivity index (χ3v) is 2.31. The van der Waals surface area contributed by atoms with Crippen LogP contribution in [0.15, 0.2) is 42.2 Å². The van der Waals surface area contributed by atoms with Gasteiger partial charge in [-0.1, -0.05) is 30.3 Å². The number of hydrogen-bond acceptors (Lipinski definition) is 2. The van der Waals surface area contributed by atoms with Crippen LogP contribution in [0.5, 0.6) is 0 Å². The molecule has 0 radical (unpaired) electrons. The van der Waals surface area contributed by atoms with Crippen molar-refractivity contribution in [3.05, 3.63) is 47.8 Å². The summed E-state index contributed by atoms with van der Waals surface area (Å²) in [7, 11) is 0. The predicted octanol–water partition coefficient (Wildman–Crippen LogP) is 3.63. The number of benzene rings is 1. The van der Waals surface area contributed by atoms with Gasteiger partial charge in [-0.2, -0.15) is 8.78 Å². The molecule has 0 aliphatic heterocycles. The lowest BCUT2D eigenvalue weighted by atomic mass is 10.1. The first-order chi connectivity index (χ1) is 8.50. The van der Waals surface area contributed by atoms with Crippen molar-refractivity contribution in [1.82, 2.24) is 0 Å². The van der Waals surface area contributed by atoms with E-state index in [4.69, 9.17) is 0 Å². The molecule has 0 aliphatic rings. The number of aryl methyl sites for hydroxylation is 1. The number of halogens is 3. The standard InChI is InChI=1S/C13H13F3O2/c1-9(17)18-11(12(14)13(15)16)8-7-10-5-3-2-4-6-10/h2-6,11H,7-8H2,1H3/t11-/m1/s1. The van der Waals surface area contributed by atoms with E-state index in [2.05, 4.69) is 4.74 Å². The van der Waals surface area contributed by atoms with Crippen LogP contribution < -0.4 is 0 Å². The van der Waals surface area contributed by atoms with Gasteiger partial charge in [0, 0.05) is 6.92 Å². The molecule has 0 aliphatic carbocycles. The van der Waals surface area contributed by atoms with Crippen LogP contribution in [0.1, 0.15) is 18.9 Å². The summed E-state index contributed by atoms with van der Waals surface area (Å²) in [6, 6.07) is 8.97. The maximum Gasteiger partial charge on any atom is 0.305 e. The normalized spacial score (nSPS) is 11.8. The second-order valence-electron chi connectivity index (χ2n) is 3.73. The van der Waals surface area contributed by atoms with Crippen molar-refractivity contribution in [3.63, 3.8) is 0 Å². The summed E-state index contributed by atoms with van der Waals surface area (Å²) in [5, 5.41) is 0. The number of carbonyl (C=O) groups excluding carboxylic acids is 1. The van der Waals surface area contributed by atoms with E-state index in [1.54, 1.807) is 24.3 Å². The van der Waals surface area contributed by atoms with Gasteiger partial charge in [0.25, 0.3) is 0 Å². The molecule has 18 heavy (non-hydrogen) atoms. The lowest BCUT2D eigenvalue weighted by molar-refractivity contribution is -0.145. The van der Waals surface area contributed by atoms with E-state index >= 15 is 0 Å². The third-order valence-electron chi connectivity index (χ3n) is 2.31. The van der Waals surface area contributed by atoms with Gasteiger partial charge in [0.1, 0.15) is 0 Å². The monoisotopic (exact) mass is 258 g/mol. The van der Waals surface area contributed by atoms with Crippen LogP contribution in [0.2, 0.25) is 0 Å². The molecule has 0 bridgehead atoms. The van der Waals surface area contributed by atoms with Gasteiger partial charge >= 0.3 is 12.0 Å². The first-order valence-corrected chi connectivity index (χ1v) is 5.42. The molecule has 1 aromatic carbocycles. The van der Waals surface area contributed by atoms with Crippen molar-refractivity contribution < 1.29 is 22.7 Å². The molecule has 98 valence electrons. The van der Waals surface area contributed by atoms with E-state index in [9.17, 15) is 18.0 Å². The Morgan fingerprint density at radius 1 is 1.22 bits per heavy atom. The highest BCUT2D eigenvalue weighted by atomic mass is 19.3.